The molecule has 4 rings (SSSR count). The van der Waals surface area contributed by atoms with Crippen LogP contribution in [0.5, 0.6) is 0 Å². The Labute approximate surface area is 229 Å². The largest absolute Gasteiger partial charge is 0.417 e. The van der Waals surface area contributed by atoms with E-state index in [9.17, 15) is 27.6 Å². The zero-order valence-electron chi connectivity index (χ0n) is 22.4. The number of hydrogen-bond acceptors (Lipinski definition) is 5. The second kappa shape index (κ2) is 11.2. The molecule has 2 aliphatic rings. The average Bonchev–Trinajstić information content (AvgIpc) is 2.87. The quantitative estimate of drug-likeness (QED) is 0.541. The van der Waals surface area contributed by atoms with Gasteiger partial charge in [-0.1, -0.05) is 18.0 Å². The summed E-state index contributed by atoms with van der Waals surface area (Å²) in [4.78, 5) is 45.8. The standard InChI is InChI=1S/C27H33ClF3N5O3/c1-14(2)33-26-34-22-13-35(24(38)17-8-9-21(28)20(12-17)27(29,30)31)15(3)10-19(22)25(39)36(26)18-7-5-6-16(11-18)23(37)32-4/h8-9,12,14-16,18H,5-7,10-11,13H2,1-4H3,(H,32,37)(H,33,34)/t15-,16-,18-/m1/s1. The predicted octanol–water partition coefficient (Wildman–Crippen LogP) is 4.80. The lowest BCUT2D eigenvalue weighted by Gasteiger charge is -2.36. The summed E-state index contributed by atoms with van der Waals surface area (Å²) in [6, 6.07) is 2.39. The minimum absolute atomic E-state index is 0.0201. The third kappa shape index (κ3) is 5.92. The van der Waals surface area contributed by atoms with Gasteiger partial charge in [0, 0.05) is 42.2 Å². The molecule has 0 spiro atoms. The van der Waals surface area contributed by atoms with Gasteiger partial charge in [-0.2, -0.15) is 13.2 Å². The summed E-state index contributed by atoms with van der Waals surface area (Å²) >= 11 is 5.74. The Hall–Kier alpha value is -3.08. The molecule has 1 fully saturated rings. The molecule has 1 aromatic carbocycles. The van der Waals surface area contributed by atoms with Gasteiger partial charge in [-0.15, -0.1) is 0 Å². The highest BCUT2D eigenvalue weighted by Gasteiger charge is 2.37. The molecule has 2 N–H and O–H groups in total. The number of hydrogen-bond donors (Lipinski definition) is 2. The van der Waals surface area contributed by atoms with E-state index in [1.54, 1.807) is 18.5 Å². The number of anilines is 1. The highest BCUT2D eigenvalue weighted by molar-refractivity contribution is 6.31. The van der Waals surface area contributed by atoms with E-state index >= 15 is 0 Å². The van der Waals surface area contributed by atoms with Gasteiger partial charge in [-0.3, -0.25) is 19.0 Å². The van der Waals surface area contributed by atoms with Crippen LogP contribution in [0.2, 0.25) is 5.02 Å². The minimum Gasteiger partial charge on any atom is -0.359 e. The van der Waals surface area contributed by atoms with Crippen LogP contribution in [0.3, 0.4) is 0 Å². The highest BCUT2D eigenvalue weighted by Crippen LogP contribution is 2.37. The Morgan fingerprint density at radius 2 is 1.92 bits per heavy atom. The number of fused-ring (bicyclic) bond motifs is 1. The first-order valence-corrected chi connectivity index (χ1v) is 13.5. The molecule has 12 heteroatoms. The number of aromatic nitrogens is 2. The molecule has 1 aliphatic heterocycles. The number of benzene rings is 1. The van der Waals surface area contributed by atoms with Crippen molar-refractivity contribution >= 4 is 29.4 Å². The Kier molecular flexibility index (Phi) is 8.30. The van der Waals surface area contributed by atoms with E-state index in [2.05, 4.69) is 10.6 Å². The topological polar surface area (TPSA) is 96.3 Å². The van der Waals surface area contributed by atoms with E-state index < -0.39 is 28.7 Å². The van der Waals surface area contributed by atoms with Gasteiger partial charge >= 0.3 is 6.18 Å². The fourth-order valence-electron chi connectivity index (χ4n) is 5.53. The maximum atomic E-state index is 13.9. The van der Waals surface area contributed by atoms with Crippen LogP contribution < -0.4 is 16.2 Å². The summed E-state index contributed by atoms with van der Waals surface area (Å²) in [5.41, 5.74) is -0.537. The highest BCUT2D eigenvalue weighted by atomic mass is 35.5. The number of nitrogens with zero attached hydrogens (tertiary/aromatic N) is 3. The molecule has 1 saturated carbocycles. The molecule has 8 nitrogen and oxygen atoms in total. The molecule has 212 valence electrons. The molecule has 3 atom stereocenters. The van der Waals surface area contributed by atoms with E-state index in [0.717, 1.165) is 31.4 Å². The lowest BCUT2D eigenvalue weighted by Crippen LogP contribution is -2.47. The summed E-state index contributed by atoms with van der Waals surface area (Å²) in [6.45, 7) is 5.57. The molecule has 0 bridgehead atoms. The number of carbonyl (C=O) groups is 2. The Balaban J connectivity index is 1.71. The molecule has 0 radical (unpaired) electrons. The average molecular weight is 568 g/mol. The van der Waals surface area contributed by atoms with Gasteiger partial charge in [0.25, 0.3) is 11.5 Å². The van der Waals surface area contributed by atoms with Crippen LogP contribution >= 0.6 is 11.6 Å². The summed E-state index contributed by atoms with van der Waals surface area (Å²) in [5, 5.41) is 5.47. The van der Waals surface area contributed by atoms with Gasteiger partial charge in [0.05, 0.1) is 22.8 Å². The second-order valence-corrected chi connectivity index (χ2v) is 11.1. The van der Waals surface area contributed by atoms with Crippen LogP contribution in [0.4, 0.5) is 19.1 Å². The summed E-state index contributed by atoms with van der Waals surface area (Å²) in [5.74, 6) is -0.475. The van der Waals surface area contributed by atoms with Gasteiger partial charge in [0.15, 0.2) is 0 Å². The van der Waals surface area contributed by atoms with Crippen LogP contribution in [0.25, 0.3) is 0 Å². The fraction of sp³-hybridized carbons (Fsp3) is 0.556. The zero-order valence-corrected chi connectivity index (χ0v) is 23.1. The van der Waals surface area contributed by atoms with Crippen molar-refractivity contribution in [3.63, 3.8) is 0 Å². The Bertz CT molecular complexity index is 1330. The van der Waals surface area contributed by atoms with Crippen LogP contribution in [0.1, 0.15) is 79.7 Å². The molecule has 39 heavy (non-hydrogen) atoms. The van der Waals surface area contributed by atoms with Gasteiger partial charge in [-0.25, -0.2) is 4.98 Å². The first-order chi connectivity index (χ1) is 18.3. The number of rotatable bonds is 5. The van der Waals surface area contributed by atoms with Crippen molar-refractivity contribution in [1.82, 2.24) is 19.8 Å². The van der Waals surface area contributed by atoms with Crippen molar-refractivity contribution in [2.24, 2.45) is 5.92 Å². The maximum Gasteiger partial charge on any atom is 0.417 e. The molecular formula is C27H33ClF3N5O3. The summed E-state index contributed by atoms with van der Waals surface area (Å²) < 4.78 is 41.8. The molecular weight excluding hydrogens is 535 g/mol. The monoisotopic (exact) mass is 567 g/mol. The van der Waals surface area contributed by atoms with Gasteiger partial charge in [0.2, 0.25) is 11.9 Å². The van der Waals surface area contributed by atoms with Gasteiger partial charge < -0.3 is 15.5 Å². The number of carbonyl (C=O) groups excluding carboxylic acids is 2. The van der Waals surface area contributed by atoms with E-state index in [1.165, 1.54) is 11.0 Å². The molecule has 2 aromatic rings. The van der Waals surface area contributed by atoms with Gasteiger partial charge in [0.1, 0.15) is 0 Å². The Morgan fingerprint density at radius 1 is 1.21 bits per heavy atom. The zero-order chi connectivity index (χ0) is 28.6. The van der Waals surface area contributed by atoms with Crippen LogP contribution in [0, 0.1) is 5.92 Å². The third-order valence-electron chi connectivity index (χ3n) is 7.47. The summed E-state index contributed by atoms with van der Waals surface area (Å²) in [6.07, 6.45) is -1.68. The van der Waals surface area contributed by atoms with Crippen LogP contribution in [0.15, 0.2) is 23.0 Å². The number of amides is 2. The molecule has 1 aliphatic carbocycles. The fourth-order valence-corrected chi connectivity index (χ4v) is 5.75. The van der Waals surface area contributed by atoms with E-state index in [0.29, 0.717) is 23.6 Å². The van der Waals surface area contributed by atoms with Crippen molar-refractivity contribution in [3.8, 4) is 0 Å². The molecule has 0 saturated heterocycles. The molecule has 0 unspecified atom stereocenters. The van der Waals surface area contributed by atoms with Crippen molar-refractivity contribution in [2.75, 3.05) is 12.4 Å². The van der Waals surface area contributed by atoms with Crippen molar-refractivity contribution in [1.29, 1.82) is 0 Å². The smallest absolute Gasteiger partial charge is 0.359 e. The Morgan fingerprint density at radius 3 is 2.56 bits per heavy atom. The van der Waals surface area contributed by atoms with Crippen molar-refractivity contribution in [3.05, 3.63) is 56.0 Å². The molecule has 2 amide bonds. The SMILES string of the molecule is CNC(=O)[C@@H]1CCC[C@@H](n2c(NC(C)C)nc3c(c2=O)C[C@@H](C)N(C(=O)c2ccc(Cl)c(C(F)(F)F)c2)C3)C1. The minimum atomic E-state index is -4.70. The van der Waals surface area contributed by atoms with Crippen LogP contribution in [-0.2, 0) is 23.9 Å². The number of nitrogens with one attached hydrogen (secondary N) is 2. The van der Waals surface area contributed by atoms with Crippen LogP contribution in [-0.4, -0.2) is 45.4 Å². The third-order valence-corrected chi connectivity index (χ3v) is 7.80. The first-order valence-electron chi connectivity index (χ1n) is 13.1. The molecule has 1 aromatic heterocycles. The summed E-state index contributed by atoms with van der Waals surface area (Å²) in [7, 11) is 1.60. The predicted molar refractivity (Wildman–Crippen MR) is 142 cm³/mol. The lowest BCUT2D eigenvalue weighted by atomic mass is 9.84. The number of halogens is 4. The second-order valence-electron chi connectivity index (χ2n) is 10.6. The molecule has 2 heterocycles. The van der Waals surface area contributed by atoms with Crippen molar-refractivity contribution in [2.45, 2.75) is 83.7 Å². The lowest BCUT2D eigenvalue weighted by molar-refractivity contribution is -0.137. The number of alkyl halides is 3. The van der Waals surface area contributed by atoms with Gasteiger partial charge in [-0.05, 0) is 64.7 Å². The maximum absolute atomic E-state index is 13.9. The van der Waals surface area contributed by atoms with Crippen molar-refractivity contribution < 1.29 is 22.8 Å². The normalized spacial score (nSPS) is 21.5. The first kappa shape index (κ1) is 28.9. The van der Waals surface area contributed by atoms with E-state index in [1.807, 2.05) is 13.8 Å². The van der Waals surface area contributed by atoms with E-state index in [-0.39, 0.29) is 48.0 Å². The van der Waals surface area contributed by atoms with E-state index in [4.69, 9.17) is 16.6 Å².